The third kappa shape index (κ3) is 2.99. The number of halogens is 1. The SMILES string of the molecule is CCc1ccc(NC(=O)N2C3CCCC2C3)cc1-c1ccc(F)cn1. The van der Waals surface area contributed by atoms with Gasteiger partial charge in [-0.05, 0) is 61.9 Å². The molecular weight excluding hydrogens is 317 g/mol. The average molecular weight is 339 g/mol. The molecule has 2 aliphatic heterocycles. The maximum absolute atomic E-state index is 13.2. The van der Waals surface area contributed by atoms with Gasteiger partial charge in [-0.1, -0.05) is 13.0 Å². The number of hydrogen-bond donors (Lipinski definition) is 1. The highest BCUT2D eigenvalue weighted by Crippen LogP contribution is 2.38. The first-order valence-electron chi connectivity index (χ1n) is 9.00. The van der Waals surface area contributed by atoms with Crippen LogP contribution in [0, 0.1) is 5.82 Å². The van der Waals surface area contributed by atoms with E-state index >= 15 is 0 Å². The van der Waals surface area contributed by atoms with E-state index in [1.165, 1.54) is 18.7 Å². The first-order chi connectivity index (χ1) is 12.2. The first-order valence-corrected chi connectivity index (χ1v) is 9.00. The molecule has 0 radical (unpaired) electrons. The van der Waals surface area contributed by atoms with E-state index in [1.54, 1.807) is 6.07 Å². The lowest BCUT2D eigenvalue weighted by Crippen LogP contribution is -2.62. The second-order valence-corrected chi connectivity index (χ2v) is 6.90. The van der Waals surface area contributed by atoms with E-state index < -0.39 is 0 Å². The van der Waals surface area contributed by atoms with Gasteiger partial charge in [-0.2, -0.15) is 0 Å². The Bertz CT molecular complexity index is 776. The van der Waals surface area contributed by atoms with Gasteiger partial charge in [-0.3, -0.25) is 4.98 Å². The topological polar surface area (TPSA) is 45.2 Å². The molecule has 0 spiro atoms. The van der Waals surface area contributed by atoms with Crippen LogP contribution in [-0.2, 0) is 6.42 Å². The van der Waals surface area contributed by atoms with Crippen molar-refractivity contribution in [3.8, 4) is 11.3 Å². The summed E-state index contributed by atoms with van der Waals surface area (Å²) in [6.45, 7) is 2.07. The minimum Gasteiger partial charge on any atom is -0.318 e. The molecule has 2 saturated heterocycles. The van der Waals surface area contributed by atoms with Crippen LogP contribution in [0.4, 0.5) is 14.9 Å². The maximum Gasteiger partial charge on any atom is 0.322 e. The van der Waals surface area contributed by atoms with Gasteiger partial charge >= 0.3 is 6.03 Å². The van der Waals surface area contributed by atoms with Crippen molar-refractivity contribution >= 4 is 11.7 Å². The number of anilines is 1. The van der Waals surface area contributed by atoms with Crippen molar-refractivity contribution in [3.63, 3.8) is 0 Å². The number of nitrogens with one attached hydrogen (secondary N) is 1. The van der Waals surface area contributed by atoms with Gasteiger partial charge in [0.1, 0.15) is 5.82 Å². The van der Waals surface area contributed by atoms with Gasteiger partial charge in [-0.15, -0.1) is 0 Å². The molecule has 2 aromatic rings. The summed E-state index contributed by atoms with van der Waals surface area (Å²) < 4.78 is 13.2. The molecule has 2 bridgehead atoms. The highest BCUT2D eigenvalue weighted by Gasteiger charge is 2.44. The van der Waals surface area contributed by atoms with Crippen LogP contribution in [0.1, 0.15) is 38.2 Å². The molecule has 5 heteroatoms. The average Bonchev–Trinajstić information content (AvgIpc) is 2.63. The third-order valence-electron chi connectivity index (χ3n) is 5.39. The number of piperidine rings is 1. The van der Waals surface area contributed by atoms with Crippen LogP contribution in [-0.4, -0.2) is 28.0 Å². The van der Waals surface area contributed by atoms with Crippen molar-refractivity contribution < 1.29 is 9.18 Å². The number of hydrogen-bond acceptors (Lipinski definition) is 2. The predicted octanol–water partition coefficient (Wildman–Crippen LogP) is 4.61. The predicted molar refractivity (Wildman–Crippen MR) is 95.9 cm³/mol. The van der Waals surface area contributed by atoms with Gasteiger partial charge in [0.15, 0.2) is 0 Å². The Kier molecular flexibility index (Phi) is 4.15. The molecule has 0 saturated carbocycles. The number of aryl methyl sites for hydroxylation is 1. The highest BCUT2D eigenvalue weighted by molar-refractivity contribution is 5.91. The second-order valence-electron chi connectivity index (χ2n) is 6.90. The van der Waals surface area contributed by atoms with Crippen LogP contribution >= 0.6 is 0 Å². The number of amides is 2. The zero-order valence-corrected chi connectivity index (χ0v) is 14.3. The fourth-order valence-corrected chi connectivity index (χ4v) is 4.06. The van der Waals surface area contributed by atoms with E-state index in [1.807, 2.05) is 23.1 Å². The minimum absolute atomic E-state index is 0.0109. The van der Waals surface area contributed by atoms with Crippen LogP contribution in [0.15, 0.2) is 36.5 Å². The van der Waals surface area contributed by atoms with Crippen molar-refractivity contribution in [2.24, 2.45) is 0 Å². The number of benzene rings is 1. The van der Waals surface area contributed by atoms with Crippen LogP contribution < -0.4 is 5.32 Å². The van der Waals surface area contributed by atoms with Crippen molar-refractivity contribution in [1.29, 1.82) is 0 Å². The molecule has 2 unspecified atom stereocenters. The third-order valence-corrected chi connectivity index (χ3v) is 5.39. The molecule has 2 amide bonds. The van der Waals surface area contributed by atoms with E-state index in [-0.39, 0.29) is 11.8 Å². The molecule has 130 valence electrons. The summed E-state index contributed by atoms with van der Waals surface area (Å²) in [5.41, 5.74) is 3.53. The van der Waals surface area contributed by atoms with Gasteiger partial charge < -0.3 is 10.2 Å². The fourth-order valence-electron chi connectivity index (χ4n) is 4.06. The molecule has 3 heterocycles. The van der Waals surface area contributed by atoms with Crippen molar-refractivity contribution in [1.82, 2.24) is 9.88 Å². The monoisotopic (exact) mass is 339 g/mol. The number of pyridine rings is 1. The van der Waals surface area contributed by atoms with Crippen molar-refractivity contribution in [2.45, 2.75) is 51.1 Å². The molecule has 1 aromatic heterocycles. The van der Waals surface area contributed by atoms with Gasteiger partial charge in [0.25, 0.3) is 0 Å². The summed E-state index contributed by atoms with van der Waals surface area (Å²) in [6.07, 6.45) is 6.67. The van der Waals surface area contributed by atoms with Gasteiger partial charge in [0.2, 0.25) is 0 Å². The molecule has 1 aromatic carbocycles. The van der Waals surface area contributed by atoms with Gasteiger partial charge in [0, 0.05) is 23.3 Å². The fraction of sp³-hybridized carbons (Fsp3) is 0.400. The largest absolute Gasteiger partial charge is 0.322 e. The lowest BCUT2D eigenvalue weighted by atomic mass is 9.80. The molecule has 2 aliphatic rings. The van der Waals surface area contributed by atoms with Crippen molar-refractivity contribution in [2.75, 3.05) is 5.32 Å². The summed E-state index contributed by atoms with van der Waals surface area (Å²) in [6, 6.07) is 9.77. The lowest BCUT2D eigenvalue weighted by Gasteiger charge is -2.52. The standard InChI is InChI=1S/C20H22FN3O/c1-2-13-6-8-15(10-18(13)19-9-7-14(21)12-22-19)23-20(25)24-16-4-3-5-17(24)11-16/h6-10,12,16-17H,2-5,11H2,1H3,(H,23,25). The number of fused-ring (bicyclic) bond motifs is 2. The molecule has 4 nitrogen and oxygen atoms in total. The number of carbonyl (C=O) groups excluding carboxylic acids is 1. The van der Waals surface area contributed by atoms with E-state index in [0.717, 1.165) is 48.2 Å². The van der Waals surface area contributed by atoms with E-state index in [9.17, 15) is 9.18 Å². The first kappa shape index (κ1) is 16.1. The van der Waals surface area contributed by atoms with Crippen LogP contribution in [0.25, 0.3) is 11.3 Å². The number of aromatic nitrogens is 1. The zero-order valence-electron chi connectivity index (χ0n) is 14.3. The Labute approximate surface area is 147 Å². The van der Waals surface area contributed by atoms with E-state index in [0.29, 0.717) is 12.1 Å². The molecule has 2 fully saturated rings. The van der Waals surface area contributed by atoms with E-state index in [2.05, 4.69) is 17.2 Å². The number of rotatable bonds is 3. The minimum atomic E-state index is -0.351. The summed E-state index contributed by atoms with van der Waals surface area (Å²) in [4.78, 5) is 18.8. The quantitative estimate of drug-likeness (QED) is 0.887. The van der Waals surface area contributed by atoms with Crippen LogP contribution in [0.2, 0.25) is 0 Å². The highest BCUT2D eigenvalue weighted by atomic mass is 19.1. The Morgan fingerprint density at radius 3 is 2.72 bits per heavy atom. The normalized spacial score (nSPS) is 21.6. The summed E-state index contributed by atoms with van der Waals surface area (Å²) in [7, 11) is 0. The Morgan fingerprint density at radius 1 is 1.28 bits per heavy atom. The summed E-state index contributed by atoms with van der Waals surface area (Å²) in [5.74, 6) is -0.351. The number of urea groups is 1. The molecule has 1 N–H and O–H groups in total. The van der Waals surface area contributed by atoms with Gasteiger partial charge in [-0.25, -0.2) is 9.18 Å². The lowest BCUT2D eigenvalue weighted by molar-refractivity contribution is 0.0173. The number of nitrogens with zero attached hydrogens (tertiary/aromatic N) is 2. The second kappa shape index (κ2) is 6.47. The van der Waals surface area contributed by atoms with E-state index in [4.69, 9.17) is 0 Å². The summed E-state index contributed by atoms with van der Waals surface area (Å²) >= 11 is 0. The van der Waals surface area contributed by atoms with Crippen molar-refractivity contribution in [3.05, 3.63) is 47.9 Å². The maximum atomic E-state index is 13.2. The zero-order chi connectivity index (χ0) is 17.4. The Balaban J connectivity index is 1.57. The van der Waals surface area contributed by atoms with Crippen LogP contribution in [0.5, 0.6) is 0 Å². The van der Waals surface area contributed by atoms with Gasteiger partial charge in [0.05, 0.1) is 11.9 Å². The Morgan fingerprint density at radius 2 is 2.08 bits per heavy atom. The Hall–Kier alpha value is -2.43. The molecular formula is C20H22FN3O. The summed E-state index contributed by atoms with van der Waals surface area (Å²) in [5, 5.41) is 3.03. The molecule has 0 aliphatic carbocycles. The van der Waals surface area contributed by atoms with Crippen LogP contribution in [0.3, 0.4) is 0 Å². The molecule has 25 heavy (non-hydrogen) atoms. The molecule has 2 atom stereocenters. The smallest absolute Gasteiger partial charge is 0.318 e. The number of carbonyl (C=O) groups is 1. The molecule has 4 rings (SSSR count).